The summed E-state index contributed by atoms with van der Waals surface area (Å²) < 4.78 is 27.2. The van der Waals surface area contributed by atoms with Crippen LogP contribution in [0.5, 0.6) is 0 Å². The normalized spacial score (nSPS) is 15.1. The Kier molecular flexibility index (Phi) is 6.64. The first-order valence-corrected chi connectivity index (χ1v) is 11.0. The Morgan fingerprint density at radius 2 is 1.79 bits per heavy atom. The van der Waals surface area contributed by atoms with Crippen molar-refractivity contribution in [2.45, 2.75) is 18.4 Å². The molecule has 1 fully saturated rings. The van der Waals surface area contributed by atoms with Gasteiger partial charge in [-0.2, -0.15) is 5.26 Å². The van der Waals surface area contributed by atoms with Crippen molar-refractivity contribution in [3.8, 4) is 6.07 Å². The van der Waals surface area contributed by atoms with Crippen LogP contribution in [-0.2, 0) is 21.4 Å². The van der Waals surface area contributed by atoms with Crippen molar-refractivity contribution in [2.75, 3.05) is 32.7 Å². The number of sulfonamides is 1. The average molecular weight is 414 g/mol. The number of carbonyl (C=O) groups excluding carboxylic acids is 1. The van der Waals surface area contributed by atoms with Crippen molar-refractivity contribution in [3.05, 3.63) is 65.2 Å². The third-order valence-corrected chi connectivity index (χ3v) is 6.69. The fourth-order valence-electron chi connectivity index (χ4n) is 3.47. The lowest BCUT2D eigenvalue weighted by atomic mass is 10.1. The molecule has 0 aliphatic carbocycles. The van der Waals surface area contributed by atoms with Crippen molar-refractivity contribution < 1.29 is 18.1 Å². The third kappa shape index (κ3) is 5.21. The minimum Gasteiger partial charge on any atom is -0.330 e. The molecule has 1 saturated heterocycles. The predicted molar refractivity (Wildman–Crippen MR) is 109 cm³/mol. The van der Waals surface area contributed by atoms with E-state index in [1.807, 2.05) is 18.2 Å². The summed E-state index contributed by atoms with van der Waals surface area (Å²) in [7, 11) is -3.92. The van der Waals surface area contributed by atoms with E-state index < -0.39 is 10.0 Å². The highest BCUT2D eigenvalue weighted by atomic mass is 32.2. The number of piperazine rings is 1. The van der Waals surface area contributed by atoms with Crippen LogP contribution in [0.25, 0.3) is 0 Å². The Bertz CT molecular complexity index is 1020. The molecule has 1 heterocycles. The van der Waals surface area contributed by atoms with E-state index in [0.29, 0.717) is 13.1 Å². The predicted octanol–water partition coefficient (Wildman–Crippen LogP) is 0.0723. The lowest BCUT2D eigenvalue weighted by Crippen LogP contribution is -3.13. The number of quaternary nitrogens is 1. The van der Waals surface area contributed by atoms with Crippen LogP contribution in [0, 0.1) is 18.3 Å². The van der Waals surface area contributed by atoms with E-state index in [1.54, 1.807) is 17.0 Å². The average Bonchev–Trinajstić information content (AvgIpc) is 2.74. The number of rotatable bonds is 6. The molecule has 2 N–H and O–H groups in total. The molecule has 7 nitrogen and oxygen atoms in total. The maximum absolute atomic E-state index is 12.5. The maximum Gasteiger partial charge on any atom is 0.242 e. The molecular weight excluding hydrogens is 388 g/mol. The number of nitrogens with one attached hydrogen (secondary N) is 2. The SMILES string of the molecule is Cc1ccccc1C[NH+]1CCN(C(=O)CNS(=O)(=O)c2ccccc2C#N)CC1. The van der Waals surface area contributed by atoms with Crippen molar-refractivity contribution in [1.29, 1.82) is 5.26 Å². The first kappa shape index (κ1) is 21.0. The zero-order valence-corrected chi connectivity index (χ0v) is 17.2. The van der Waals surface area contributed by atoms with Gasteiger partial charge >= 0.3 is 0 Å². The minimum atomic E-state index is -3.92. The first-order valence-electron chi connectivity index (χ1n) is 9.55. The van der Waals surface area contributed by atoms with Gasteiger partial charge in [-0.25, -0.2) is 13.1 Å². The van der Waals surface area contributed by atoms with Crippen LogP contribution in [0.15, 0.2) is 53.4 Å². The molecule has 0 atom stereocenters. The Labute approximate surface area is 171 Å². The zero-order chi connectivity index (χ0) is 20.9. The van der Waals surface area contributed by atoms with Crippen LogP contribution in [0.1, 0.15) is 16.7 Å². The highest BCUT2D eigenvalue weighted by Gasteiger charge is 2.26. The Morgan fingerprint density at radius 3 is 2.48 bits per heavy atom. The molecule has 2 aromatic carbocycles. The summed E-state index contributed by atoms with van der Waals surface area (Å²) in [6.07, 6.45) is 0. The van der Waals surface area contributed by atoms with Gasteiger partial charge in [0.05, 0.1) is 43.2 Å². The molecule has 1 aliphatic heterocycles. The topological polar surface area (TPSA) is 94.7 Å². The third-order valence-electron chi connectivity index (χ3n) is 5.24. The van der Waals surface area contributed by atoms with Gasteiger partial charge in [0.15, 0.2) is 0 Å². The van der Waals surface area contributed by atoms with Crippen molar-refractivity contribution >= 4 is 15.9 Å². The zero-order valence-electron chi connectivity index (χ0n) is 16.4. The molecule has 2 aromatic rings. The van der Waals surface area contributed by atoms with E-state index in [2.05, 4.69) is 23.8 Å². The Hall–Kier alpha value is -2.73. The highest BCUT2D eigenvalue weighted by molar-refractivity contribution is 7.89. The number of amides is 1. The van der Waals surface area contributed by atoms with Crippen LogP contribution < -0.4 is 9.62 Å². The molecule has 0 aromatic heterocycles. The van der Waals surface area contributed by atoms with Crippen LogP contribution >= 0.6 is 0 Å². The standard InChI is InChI=1S/C21H24N4O3S/c1-17-6-2-3-8-19(17)16-24-10-12-25(13-11-24)21(26)15-23-29(27,28)20-9-5-4-7-18(20)14-22/h2-9,23H,10-13,15-16H2,1H3/p+1. The Morgan fingerprint density at radius 1 is 1.14 bits per heavy atom. The fourth-order valence-corrected chi connectivity index (χ4v) is 4.60. The molecule has 0 saturated carbocycles. The number of hydrogen-bond acceptors (Lipinski definition) is 4. The number of carbonyl (C=O) groups is 1. The van der Waals surface area contributed by atoms with Gasteiger partial charge in [0.2, 0.25) is 15.9 Å². The van der Waals surface area contributed by atoms with Crippen LogP contribution in [0.3, 0.4) is 0 Å². The second-order valence-electron chi connectivity index (χ2n) is 7.17. The molecule has 29 heavy (non-hydrogen) atoms. The summed E-state index contributed by atoms with van der Waals surface area (Å²) in [5, 5.41) is 9.09. The number of nitriles is 1. The number of benzene rings is 2. The van der Waals surface area contributed by atoms with E-state index in [4.69, 9.17) is 5.26 Å². The maximum atomic E-state index is 12.5. The Balaban J connectivity index is 1.52. The molecule has 0 spiro atoms. The second-order valence-corrected chi connectivity index (χ2v) is 8.90. The largest absolute Gasteiger partial charge is 0.330 e. The van der Waals surface area contributed by atoms with Gasteiger partial charge < -0.3 is 9.80 Å². The summed E-state index contributed by atoms with van der Waals surface area (Å²) in [4.78, 5) is 15.5. The highest BCUT2D eigenvalue weighted by Crippen LogP contribution is 2.13. The quantitative estimate of drug-likeness (QED) is 0.701. The lowest BCUT2D eigenvalue weighted by Gasteiger charge is -2.32. The first-order chi connectivity index (χ1) is 13.9. The van der Waals surface area contributed by atoms with Crippen LogP contribution in [-0.4, -0.2) is 51.9 Å². The monoisotopic (exact) mass is 413 g/mol. The smallest absolute Gasteiger partial charge is 0.242 e. The van der Waals surface area contributed by atoms with Gasteiger partial charge in [-0.3, -0.25) is 4.79 Å². The molecule has 0 bridgehead atoms. The fraction of sp³-hybridized carbons (Fsp3) is 0.333. The van der Waals surface area contributed by atoms with Gasteiger partial charge in [-0.1, -0.05) is 36.4 Å². The van der Waals surface area contributed by atoms with E-state index in [9.17, 15) is 13.2 Å². The van der Waals surface area contributed by atoms with Crippen molar-refractivity contribution in [3.63, 3.8) is 0 Å². The second kappa shape index (κ2) is 9.18. The van der Waals surface area contributed by atoms with Gasteiger partial charge in [0.25, 0.3) is 0 Å². The number of nitrogens with zero attached hydrogens (tertiary/aromatic N) is 2. The summed E-state index contributed by atoms with van der Waals surface area (Å²) in [5.74, 6) is -0.252. The summed E-state index contributed by atoms with van der Waals surface area (Å²) in [6, 6.07) is 16.1. The summed E-state index contributed by atoms with van der Waals surface area (Å²) in [6.45, 7) is 5.55. The van der Waals surface area contributed by atoms with Crippen molar-refractivity contribution in [1.82, 2.24) is 9.62 Å². The van der Waals surface area contributed by atoms with Crippen molar-refractivity contribution in [2.24, 2.45) is 0 Å². The lowest BCUT2D eigenvalue weighted by molar-refractivity contribution is -0.917. The molecule has 0 unspecified atom stereocenters. The molecule has 3 rings (SSSR count). The molecule has 1 aliphatic rings. The van der Waals surface area contributed by atoms with Gasteiger partial charge in [0.1, 0.15) is 12.6 Å². The number of aryl methyl sites for hydroxylation is 1. The molecule has 0 radical (unpaired) electrons. The van der Waals surface area contributed by atoms with E-state index in [-0.39, 0.29) is 22.9 Å². The molecule has 1 amide bonds. The molecule has 152 valence electrons. The van der Waals surface area contributed by atoms with Crippen LogP contribution in [0.4, 0.5) is 0 Å². The van der Waals surface area contributed by atoms with E-state index in [1.165, 1.54) is 28.2 Å². The molecule has 8 heteroatoms. The van der Waals surface area contributed by atoms with Gasteiger partial charge in [-0.05, 0) is 24.6 Å². The van der Waals surface area contributed by atoms with Crippen LogP contribution in [0.2, 0.25) is 0 Å². The molecular formula is C21H25N4O3S+. The summed E-state index contributed by atoms with van der Waals surface area (Å²) in [5.41, 5.74) is 2.64. The van der Waals surface area contributed by atoms with Gasteiger partial charge in [-0.15, -0.1) is 0 Å². The minimum absolute atomic E-state index is 0.0564. The summed E-state index contributed by atoms with van der Waals surface area (Å²) >= 11 is 0. The van der Waals surface area contributed by atoms with E-state index in [0.717, 1.165) is 19.6 Å². The number of hydrogen-bond donors (Lipinski definition) is 2. The van der Waals surface area contributed by atoms with E-state index >= 15 is 0 Å². The van der Waals surface area contributed by atoms with Gasteiger partial charge in [0, 0.05) is 5.56 Å².